The Kier molecular flexibility index (Phi) is 6.54. The van der Waals surface area contributed by atoms with Gasteiger partial charge in [0.05, 0.1) is 8.07 Å². The van der Waals surface area contributed by atoms with Crippen LogP contribution in [0.3, 0.4) is 0 Å². The zero-order valence-electron chi connectivity index (χ0n) is 12.6. The molecule has 6 N–H and O–H groups in total. The van der Waals surface area contributed by atoms with Crippen LogP contribution < -0.4 is 27.7 Å². The lowest BCUT2D eigenvalue weighted by Gasteiger charge is -2.32. The minimum Gasteiger partial charge on any atom is -0.294 e. The van der Waals surface area contributed by atoms with E-state index in [-0.39, 0.29) is 17.4 Å². The van der Waals surface area contributed by atoms with E-state index in [4.69, 9.17) is 11.7 Å². The Morgan fingerprint density at radius 3 is 2.19 bits per heavy atom. The van der Waals surface area contributed by atoms with Gasteiger partial charge in [0, 0.05) is 12.8 Å². The number of nitrogens with one attached hydrogen (secondary N) is 2. The van der Waals surface area contributed by atoms with Gasteiger partial charge in [-0.15, -0.1) is 0 Å². The normalized spacial score (nSPS) is 12.6. The van der Waals surface area contributed by atoms with E-state index in [1.54, 1.807) is 0 Å². The highest BCUT2D eigenvalue weighted by molar-refractivity contribution is 6.91. The molecule has 2 amide bonds. The number of rotatable bonds is 7. The minimum atomic E-state index is -1.90. The Morgan fingerprint density at radius 2 is 1.67 bits per heavy atom. The minimum absolute atomic E-state index is 0.112. The van der Waals surface area contributed by atoms with Crippen LogP contribution >= 0.6 is 0 Å². The molecule has 1 unspecified atom stereocenters. The predicted molar refractivity (Wildman–Crippen MR) is 85.8 cm³/mol. The molecule has 0 aliphatic carbocycles. The summed E-state index contributed by atoms with van der Waals surface area (Å²) in [5, 5.41) is 1.26. The monoisotopic (exact) mass is 308 g/mol. The van der Waals surface area contributed by atoms with Crippen molar-refractivity contribution in [2.75, 3.05) is 0 Å². The Hall–Kier alpha value is -1.70. The molecule has 1 rings (SSSR count). The first-order valence-electron chi connectivity index (χ1n) is 6.96. The summed E-state index contributed by atoms with van der Waals surface area (Å²) in [6, 6.07) is 10.1. The van der Waals surface area contributed by atoms with Crippen LogP contribution in [0.1, 0.15) is 19.3 Å². The second kappa shape index (κ2) is 7.92. The quantitative estimate of drug-likeness (QED) is 0.248. The van der Waals surface area contributed by atoms with Crippen LogP contribution in [0, 0.1) is 0 Å². The highest BCUT2D eigenvalue weighted by atomic mass is 28.3. The van der Waals surface area contributed by atoms with Gasteiger partial charge in [-0.1, -0.05) is 48.6 Å². The summed E-state index contributed by atoms with van der Waals surface area (Å²) in [4.78, 5) is 23.1. The maximum absolute atomic E-state index is 11.7. The van der Waals surface area contributed by atoms with Crippen molar-refractivity contribution in [3.05, 3.63) is 30.3 Å². The maximum Gasteiger partial charge on any atom is 0.233 e. The summed E-state index contributed by atoms with van der Waals surface area (Å²) in [6.07, 6.45) is 1.25. The summed E-state index contributed by atoms with van der Waals surface area (Å²) in [5.41, 5.74) is 4.42. The molecule has 0 aliphatic rings. The molecule has 0 spiro atoms. The Labute approximate surface area is 126 Å². The standard InChI is InChI=1S/C14H24N4O2Si/c1-21(2,11-6-4-3-5-7-11)12(10-14(20)18-16)8-9-13(19)17-15/h3-7,12H,8-10,15-16H2,1-2H3,(H,17,19)(H,18,20). The average Bonchev–Trinajstić information content (AvgIpc) is 2.51. The van der Waals surface area contributed by atoms with Gasteiger partial charge in [-0.05, 0) is 12.0 Å². The molecule has 7 heteroatoms. The third-order valence-corrected chi connectivity index (χ3v) is 8.37. The molecule has 0 saturated heterocycles. The first-order valence-corrected chi connectivity index (χ1v) is 10.0. The molecule has 0 bridgehead atoms. The topological polar surface area (TPSA) is 110 Å². The fraction of sp³-hybridized carbons (Fsp3) is 0.429. The predicted octanol–water partition coefficient (Wildman–Crippen LogP) is 0.122. The molecular formula is C14H24N4O2Si. The molecular weight excluding hydrogens is 284 g/mol. The molecule has 0 fully saturated rings. The van der Waals surface area contributed by atoms with Crippen molar-refractivity contribution in [2.45, 2.75) is 37.9 Å². The Balaban J connectivity index is 2.92. The van der Waals surface area contributed by atoms with Crippen LogP contribution in [-0.4, -0.2) is 19.9 Å². The molecule has 0 heterocycles. The Morgan fingerprint density at radius 1 is 1.10 bits per heavy atom. The van der Waals surface area contributed by atoms with E-state index in [0.29, 0.717) is 19.3 Å². The summed E-state index contributed by atoms with van der Waals surface area (Å²) < 4.78 is 0. The van der Waals surface area contributed by atoms with Crippen molar-refractivity contribution in [1.29, 1.82) is 0 Å². The van der Waals surface area contributed by atoms with E-state index in [9.17, 15) is 9.59 Å². The van der Waals surface area contributed by atoms with Gasteiger partial charge in [0.25, 0.3) is 0 Å². The van der Waals surface area contributed by atoms with E-state index in [1.807, 2.05) is 18.2 Å². The molecule has 1 aromatic rings. The number of carbonyl (C=O) groups excluding carboxylic acids is 2. The number of carbonyl (C=O) groups is 2. The molecule has 1 aromatic carbocycles. The van der Waals surface area contributed by atoms with E-state index in [2.05, 4.69) is 36.1 Å². The van der Waals surface area contributed by atoms with Gasteiger partial charge in [0.1, 0.15) is 0 Å². The maximum atomic E-state index is 11.7. The smallest absolute Gasteiger partial charge is 0.233 e. The number of nitrogens with two attached hydrogens (primary N) is 2. The largest absolute Gasteiger partial charge is 0.294 e. The summed E-state index contributed by atoms with van der Waals surface area (Å²) in [7, 11) is -1.90. The summed E-state index contributed by atoms with van der Waals surface area (Å²) in [6.45, 7) is 4.41. The van der Waals surface area contributed by atoms with Crippen LogP contribution in [0.2, 0.25) is 18.6 Å². The average molecular weight is 308 g/mol. The van der Waals surface area contributed by atoms with Crippen LogP contribution in [0.4, 0.5) is 0 Å². The third-order valence-electron chi connectivity index (χ3n) is 4.01. The van der Waals surface area contributed by atoms with E-state index >= 15 is 0 Å². The Bertz CT molecular complexity index is 479. The van der Waals surface area contributed by atoms with Gasteiger partial charge in [-0.25, -0.2) is 11.7 Å². The summed E-state index contributed by atoms with van der Waals surface area (Å²) in [5.74, 6) is 9.90. The van der Waals surface area contributed by atoms with Crippen molar-refractivity contribution in [2.24, 2.45) is 11.7 Å². The van der Waals surface area contributed by atoms with Crippen molar-refractivity contribution in [3.8, 4) is 0 Å². The van der Waals surface area contributed by atoms with Crippen LogP contribution in [0.25, 0.3) is 0 Å². The van der Waals surface area contributed by atoms with Gasteiger partial charge >= 0.3 is 0 Å². The molecule has 6 nitrogen and oxygen atoms in total. The molecule has 1 atom stereocenters. The number of hydrogen-bond donors (Lipinski definition) is 4. The zero-order chi connectivity index (χ0) is 15.9. The fourth-order valence-corrected chi connectivity index (χ4v) is 5.57. The van der Waals surface area contributed by atoms with Crippen LogP contribution in [0.15, 0.2) is 30.3 Å². The second-order valence-electron chi connectivity index (χ2n) is 5.66. The van der Waals surface area contributed by atoms with Crippen molar-refractivity contribution in [1.82, 2.24) is 10.9 Å². The SMILES string of the molecule is C[Si](C)(c1ccccc1)C(CCC(=O)NN)CC(=O)NN. The first-order chi connectivity index (χ1) is 9.91. The van der Waals surface area contributed by atoms with E-state index < -0.39 is 8.07 Å². The highest BCUT2D eigenvalue weighted by Crippen LogP contribution is 2.30. The first kappa shape index (κ1) is 17.3. The van der Waals surface area contributed by atoms with Gasteiger partial charge in [0.2, 0.25) is 11.8 Å². The number of benzene rings is 1. The van der Waals surface area contributed by atoms with Crippen LogP contribution in [0.5, 0.6) is 0 Å². The lowest BCUT2D eigenvalue weighted by atomic mass is 10.1. The molecule has 21 heavy (non-hydrogen) atoms. The fourth-order valence-electron chi connectivity index (χ4n) is 2.48. The zero-order valence-corrected chi connectivity index (χ0v) is 13.6. The highest BCUT2D eigenvalue weighted by Gasteiger charge is 2.34. The van der Waals surface area contributed by atoms with Gasteiger partial charge < -0.3 is 0 Å². The molecule has 0 radical (unpaired) electrons. The van der Waals surface area contributed by atoms with Gasteiger partial charge in [-0.2, -0.15) is 0 Å². The third kappa shape index (κ3) is 4.96. The van der Waals surface area contributed by atoms with E-state index in [0.717, 1.165) is 0 Å². The lowest BCUT2D eigenvalue weighted by Crippen LogP contribution is -2.48. The van der Waals surface area contributed by atoms with Crippen molar-refractivity contribution in [3.63, 3.8) is 0 Å². The molecule has 0 aromatic heterocycles. The van der Waals surface area contributed by atoms with Gasteiger partial charge in [-0.3, -0.25) is 20.4 Å². The molecule has 116 valence electrons. The number of amides is 2. The molecule has 0 saturated carbocycles. The van der Waals surface area contributed by atoms with E-state index in [1.165, 1.54) is 5.19 Å². The van der Waals surface area contributed by atoms with Gasteiger partial charge in [0.15, 0.2) is 0 Å². The number of hydrogen-bond acceptors (Lipinski definition) is 4. The summed E-state index contributed by atoms with van der Waals surface area (Å²) >= 11 is 0. The lowest BCUT2D eigenvalue weighted by molar-refractivity contribution is -0.123. The molecule has 0 aliphatic heterocycles. The van der Waals surface area contributed by atoms with Crippen LogP contribution in [-0.2, 0) is 9.59 Å². The second-order valence-corrected chi connectivity index (χ2v) is 10.5. The van der Waals surface area contributed by atoms with Crippen molar-refractivity contribution < 1.29 is 9.59 Å². The van der Waals surface area contributed by atoms with Crippen molar-refractivity contribution >= 4 is 25.1 Å². The number of hydrazine groups is 2.